The minimum Gasteiger partial charge on any atom is -0.388 e. The van der Waals surface area contributed by atoms with E-state index in [2.05, 4.69) is 10.6 Å². The molecule has 2 fully saturated rings. The first-order valence-electron chi connectivity index (χ1n) is 8.24. The van der Waals surface area contributed by atoms with Crippen molar-refractivity contribution in [3.05, 3.63) is 0 Å². The van der Waals surface area contributed by atoms with Crippen molar-refractivity contribution in [1.82, 2.24) is 10.6 Å². The maximum atomic E-state index is 12.5. The van der Waals surface area contributed by atoms with Gasteiger partial charge in [0.1, 0.15) is 29.9 Å². The normalized spacial score (nSPS) is 39.9. The molecule has 0 aliphatic carbocycles. The molecule has 2 aliphatic rings. The van der Waals surface area contributed by atoms with Gasteiger partial charge in [0.15, 0.2) is 0 Å². The average Bonchev–Trinajstić information content (AvgIpc) is 2.59. The third-order valence-corrected chi connectivity index (χ3v) is 5.79. The van der Waals surface area contributed by atoms with Gasteiger partial charge in [0.25, 0.3) is 0 Å². The fraction of sp³-hybridized carbons (Fsp3) is 0.933. The summed E-state index contributed by atoms with van der Waals surface area (Å²) in [6.07, 6.45) is -1.32. The number of ether oxygens (including phenoxy) is 1. The second-order valence-corrected chi connectivity index (χ2v) is 8.06. The molecule has 24 heavy (non-hydrogen) atoms. The molecule has 0 aromatic heterocycles. The van der Waals surface area contributed by atoms with Crippen LogP contribution in [0.5, 0.6) is 0 Å². The molecular weight excluding hydrogens is 356 g/mol. The third-order valence-electron chi connectivity index (χ3n) is 4.66. The molecule has 0 bridgehead atoms. The number of amides is 1. The van der Waals surface area contributed by atoms with Crippen LogP contribution in [0.3, 0.4) is 0 Å². The largest absolute Gasteiger partial charge is 0.388 e. The highest BCUT2D eigenvalue weighted by Crippen LogP contribution is 2.30. The van der Waals surface area contributed by atoms with Gasteiger partial charge in [0.2, 0.25) is 5.91 Å². The van der Waals surface area contributed by atoms with Crippen LogP contribution in [-0.4, -0.2) is 81.8 Å². The number of carbonyl (C=O) groups is 1. The van der Waals surface area contributed by atoms with E-state index in [0.717, 1.165) is 19.4 Å². The van der Waals surface area contributed by atoms with Crippen molar-refractivity contribution in [2.45, 2.75) is 61.0 Å². The Bertz CT molecular complexity index is 423. The van der Waals surface area contributed by atoms with Gasteiger partial charge in [-0.15, -0.1) is 23.4 Å². The van der Waals surface area contributed by atoms with Gasteiger partial charge in [-0.3, -0.25) is 4.79 Å². The predicted molar refractivity (Wildman–Crippen MR) is 93.0 cm³/mol. The molecular formula is C15H27ClN2O5S. The molecule has 0 spiro atoms. The Morgan fingerprint density at radius 3 is 2.58 bits per heavy atom. The second kappa shape index (κ2) is 9.02. The lowest BCUT2D eigenvalue weighted by atomic mass is 9.92. The van der Waals surface area contributed by atoms with Crippen molar-refractivity contribution in [3.63, 3.8) is 0 Å². The molecule has 2 saturated heterocycles. The maximum absolute atomic E-state index is 12.5. The Balaban J connectivity index is 2.09. The maximum Gasteiger partial charge on any atom is 0.224 e. The molecule has 1 amide bonds. The molecule has 7 nitrogen and oxygen atoms in total. The summed E-state index contributed by atoms with van der Waals surface area (Å²) in [5.41, 5.74) is -0.695. The molecule has 5 N–H and O–H groups in total. The third kappa shape index (κ3) is 4.55. The van der Waals surface area contributed by atoms with E-state index in [0.29, 0.717) is 6.54 Å². The molecule has 2 aliphatic heterocycles. The van der Waals surface area contributed by atoms with Crippen LogP contribution in [0.4, 0.5) is 0 Å². The quantitative estimate of drug-likeness (QED) is 0.398. The molecule has 9 heteroatoms. The number of carbonyl (C=O) groups excluding carboxylic acids is 1. The number of hydrogen-bond donors (Lipinski definition) is 5. The molecule has 140 valence electrons. The van der Waals surface area contributed by atoms with E-state index in [-0.39, 0.29) is 11.8 Å². The highest BCUT2D eigenvalue weighted by molar-refractivity contribution is 7.99. The Kier molecular flexibility index (Phi) is 7.60. The standard InChI is InChI=1S/C15H27ClN2O5S/c1-7(16)9(18-14(22)8-4-3-5-17-6-8)13-11(20)10(19)12(21)15(23-13)24-2/h7-13,15,17,19-21H,3-6H2,1-2H3,(H,18,22)/t7?,8-,9?,10?,11?,12?,13?,15?/m1/s1. The average molecular weight is 383 g/mol. The monoisotopic (exact) mass is 382 g/mol. The van der Waals surface area contributed by atoms with Gasteiger partial charge in [-0.1, -0.05) is 0 Å². The van der Waals surface area contributed by atoms with Crippen molar-refractivity contribution in [2.75, 3.05) is 19.3 Å². The van der Waals surface area contributed by atoms with E-state index in [9.17, 15) is 20.1 Å². The molecule has 7 unspecified atom stereocenters. The van der Waals surface area contributed by atoms with Crippen LogP contribution >= 0.6 is 23.4 Å². The lowest BCUT2D eigenvalue weighted by molar-refractivity contribution is -0.205. The van der Waals surface area contributed by atoms with Gasteiger partial charge < -0.3 is 30.7 Å². The predicted octanol–water partition coefficient (Wildman–Crippen LogP) is -0.731. The zero-order valence-electron chi connectivity index (χ0n) is 13.9. The van der Waals surface area contributed by atoms with Crippen LogP contribution in [0.1, 0.15) is 19.8 Å². The fourth-order valence-electron chi connectivity index (χ4n) is 3.18. The molecule has 0 aromatic rings. The van der Waals surface area contributed by atoms with Crippen LogP contribution in [-0.2, 0) is 9.53 Å². The lowest BCUT2D eigenvalue weighted by Gasteiger charge is -2.44. The molecule has 0 saturated carbocycles. The summed E-state index contributed by atoms with van der Waals surface area (Å²) in [6, 6.07) is -0.673. The highest BCUT2D eigenvalue weighted by atomic mass is 35.5. The van der Waals surface area contributed by atoms with Gasteiger partial charge in [0.05, 0.1) is 17.3 Å². The number of aliphatic hydroxyl groups excluding tert-OH is 3. The minimum atomic E-state index is -1.35. The Labute approximate surface area is 151 Å². The smallest absolute Gasteiger partial charge is 0.224 e. The van der Waals surface area contributed by atoms with Gasteiger partial charge in [-0.2, -0.15) is 0 Å². The van der Waals surface area contributed by atoms with Gasteiger partial charge in [-0.05, 0) is 32.6 Å². The molecule has 2 rings (SSSR count). The van der Waals surface area contributed by atoms with Gasteiger partial charge in [0, 0.05) is 6.54 Å². The van der Waals surface area contributed by atoms with Crippen LogP contribution in [0, 0.1) is 5.92 Å². The minimum absolute atomic E-state index is 0.142. The summed E-state index contributed by atoms with van der Waals surface area (Å²) in [5.74, 6) is -0.291. The number of piperidine rings is 1. The van der Waals surface area contributed by atoms with E-state index in [1.54, 1.807) is 13.2 Å². The first kappa shape index (κ1) is 20.2. The van der Waals surface area contributed by atoms with Crippen molar-refractivity contribution in [3.8, 4) is 0 Å². The molecule has 0 radical (unpaired) electrons. The van der Waals surface area contributed by atoms with Crippen molar-refractivity contribution in [2.24, 2.45) is 5.92 Å². The number of hydrogen-bond acceptors (Lipinski definition) is 7. The zero-order valence-corrected chi connectivity index (χ0v) is 15.5. The van der Waals surface area contributed by atoms with Gasteiger partial charge in [-0.25, -0.2) is 0 Å². The lowest BCUT2D eigenvalue weighted by Crippen LogP contribution is -2.64. The SMILES string of the molecule is CSC1OC(C(NC(=O)[C@@H]2CCCNC2)C(C)Cl)C(O)C(O)C1O. The fourth-order valence-corrected chi connectivity index (χ4v) is 4.07. The number of thioether (sulfide) groups is 1. The zero-order chi connectivity index (χ0) is 17.9. The van der Waals surface area contributed by atoms with Crippen LogP contribution in [0.25, 0.3) is 0 Å². The molecule has 0 aromatic carbocycles. The van der Waals surface area contributed by atoms with Crippen molar-refractivity contribution < 1.29 is 24.9 Å². The van der Waals surface area contributed by atoms with Gasteiger partial charge >= 0.3 is 0 Å². The summed E-state index contributed by atoms with van der Waals surface area (Å²) in [6.45, 7) is 3.22. The Morgan fingerprint density at radius 1 is 1.33 bits per heavy atom. The van der Waals surface area contributed by atoms with Crippen LogP contribution in [0.2, 0.25) is 0 Å². The topological polar surface area (TPSA) is 111 Å². The summed E-state index contributed by atoms with van der Waals surface area (Å²) < 4.78 is 5.73. The van der Waals surface area contributed by atoms with Crippen molar-refractivity contribution >= 4 is 29.3 Å². The van der Waals surface area contributed by atoms with E-state index >= 15 is 0 Å². The number of rotatable bonds is 5. The van der Waals surface area contributed by atoms with Crippen LogP contribution in [0.15, 0.2) is 0 Å². The first-order valence-corrected chi connectivity index (χ1v) is 9.96. The Hall–Kier alpha value is -0.0900. The first-order chi connectivity index (χ1) is 11.4. The summed E-state index contributed by atoms with van der Waals surface area (Å²) in [5, 5.41) is 35.9. The summed E-state index contributed by atoms with van der Waals surface area (Å²) in [7, 11) is 0. The van der Waals surface area contributed by atoms with E-state index < -0.39 is 41.3 Å². The number of alkyl halides is 1. The van der Waals surface area contributed by atoms with E-state index in [4.69, 9.17) is 16.3 Å². The second-order valence-electron chi connectivity index (χ2n) is 6.43. The number of halogens is 1. The summed E-state index contributed by atoms with van der Waals surface area (Å²) in [4.78, 5) is 12.5. The summed E-state index contributed by atoms with van der Waals surface area (Å²) >= 11 is 7.46. The van der Waals surface area contributed by atoms with Crippen LogP contribution < -0.4 is 10.6 Å². The van der Waals surface area contributed by atoms with E-state index in [1.165, 1.54) is 11.8 Å². The Morgan fingerprint density at radius 2 is 2.04 bits per heavy atom. The van der Waals surface area contributed by atoms with E-state index in [1.807, 2.05) is 0 Å². The highest BCUT2D eigenvalue weighted by Gasteiger charge is 2.48. The number of nitrogens with one attached hydrogen (secondary N) is 2. The molecule has 8 atom stereocenters. The molecule has 2 heterocycles. The number of aliphatic hydroxyl groups is 3. The van der Waals surface area contributed by atoms with Crippen molar-refractivity contribution in [1.29, 1.82) is 0 Å².